The van der Waals surface area contributed by atoms with Gasteiger partial charge in [-0.15, -0.1) is 0 Å². The first kappa shape index (κ1) is 13.2. The first-order valence-corrected chi connectivity index (χ1v) is 6.40. The maximum atomic E-state index is 12.9. The summed E-state index contributed by atoms with van der Waals surface area (Å²) in [4.78, 5) is 15.8. The van der Waals surface area contributed by atoms with Crippen LogP contribution in [-0.2, 0) is 0 Å². The van der Waals surface area contributed by atoms with Gasteiger partial charge in [0.25, 0.3) is 5.91 Å². The molecule has 0 aliphatic rings. The van der Waals surface area contributed by atoms with Gasteiger partial charge in [0.05, 0.1) is 5.56 Å². The van der Waals surface area contributed by atoms with Crippen molar-refractivity contribution in [3.05, 3.63) is 56.6 Å². The molecule has 0 unspecified atom stereocenters. The van der Waals surface area contributed by atoms with Gasteiger partial charge in [-0.05, 0) is 52.9 Å². The first-order valence-electron chi connectivity index (χ1n) is 4.94. The first-order chi connectivity index (χ1) is 8.56. The van der Waals surface area contributed by atoms with Crippen molar-refractivity contribution in [2.24, 2.45) is 0 Å². The fraction of sp³-hybridized carbons (Fsp3) is 0. The van der Waals surface area contributed by atoms with Gasteiger partial charge in [-0.25, -0.2) is 9.37 Å². The number of hydrogen-bond acceptors (Lipinski definition) is 2. The van der Waals surface area contributed by atoms with E-state index in [4.69, 9.17) is 11.6 Å². The number of amides is 1. The number of halogens is 3. The predicted molar refractivity (Wildman–Crippen MR) is 76.3 cm³/mol. The molecule has 1 aromatic carbocycles. The number of nitrogens with one attached hydrogen (secondary N) is 1. The lowest BCUT2D eigenvalue weighted by molar-refractivity contribution is 0.102. The van der Waals surface area contributed by atoms with Crippen molar-refractivity contribution in [3.63, 3.8) is 0 Å². The van der Waals surface area contributed by atoms with Gasteiger partial charge < -0.3 is 5.32 Å². The Morgan fingerprint density at radius 1 is 1.33 bits per heavy atom. The summed E-state index contributed by atoms with van der Waals surface area (Å²) in [5.41, 5.74) is 0.949. The molecule has 0 bridgehead atoms. The van der Waals surface area contributed by atoms with Crippen LogP contribution < -0.4 is 5.32 Å². The summed E-state index contributed by atoms with van der Waals surface area (Å²) in [6, 6.07) is 7.15. The SMILES string of the molecule is O=C(Nc1ccnc(Cl)c1)c1ccc(F)cc1I. The van der Waals surface area contributed by atoms with Gasteiger partial charge in [-0.1, -0.05) is 11.6 Å². The minimum Gasteiger partial charge on any atom is -0.322 e. The minimum atomic E-state index is -0.372. The number of carbonyl (C=O) groups excluding carboxylic acids is 1. The summed E-state index contributed by atoms with van der Waals surface area (Å²) in [5.74, 6) is -0.690. The minimum absolute atomic E-state index is 0.293. The molecule has 1 aromatic heterocycles. The fourth-order valence-electron chi connectivity index (χ4n) is 1.35. The Labute approximate surface area is 122 Å². The van der Waals surface area contributed by atoms with Crippen molar-refractivity contribution >= 4 is 45.8 Å². The smallest absolute Gasteiger partial charge is 0.256 e. The maximum Gasteiger partial charge on any atom is 0.256 e. The highest BCUT2D eigenvalue weighted by atomic mass is 127. The molecule has 1 N–H and O–H groups in total. The third-order valence-electron chi connectivity index (χ3n) is 2.16. The van der Waals surface area contributed by atoms with Crippen LogP contribution in [0.15, 0.2) is 36.5 Å². The van der Waals surface area contributed by atoms with Crippen LogP contribution in [-0.4, -0.2) is 10.9 Å². The molecule has 0 spiro atoms. The predicted octanol–water partition coefficient (Wildman–Crippen LogP) is 3.73. The zero-order valence-corrected chi connectivity index (χ0v) is 11.9. The number of anilines is 1. The van der Waals surface area contributed by atoms with Crippen LogP contribution in [0.2, 0.25) is 5.15 Å². The molecule has 0 aliphatic carbocycles. The third kappa shape index (κ3) is 3.17. The quantitative estimate of drug-likeness (QED) is 0.641. The normalized spacial score (nSPS) is 10.2. The van der Waals surface area contributed by atoms with Gasteiger partial charge >= 0.3 is 0 Å². The Bertz CT molecular complexity index is 606. The zero-order chi connectivity index (χ0) is 13.1. The lowest BCUT2D eigenvalue weighted by atomic mass is 10.2. The molecule has 1 heterocycles. The molecule has 0 atom stereocenters. The molecule has 0 saturated heterocycles. The van der Waals surface area contributed by atoms with Crippen LogP contribution in [0.1, 0.15) is 10.4 Å². The number of pyridine rings is 1. The number of aromatic nitrogens is 1. The average molecular weight is 377 g/mol. The Kier molecular flexibility index (Phi) is 4.13. The van der Waals surface area contributed by atoms with E-state index < -0.39 is 0 Å². The molecular weight excluding hydrogens is 369 g/mol. The molecule has 92 valence electrons. The number of nitrogens with zero attached hydrogens (tertiary/aromatic N) is 1. The van der Waals surface area contributed by atoms with E-state index in [1.54, 1.807) is 6.07 Å². The van der Waals surface area contributed by atoms with Crippen molar-refractivity contribution in [1.82, 2.24) is 4.98 Å². The average Bonchev–Trinajstić information content (AvgIpc) is 2.28. The van der Waals surface area contributed by atoms with E-state index in [2.05, 4.69) is 10.3 Å². The van der Waals surface area contributed by atoms with Gasteiger partial charge in [0, 0.05) is 15.5 Å². The van der Waals surface area contributed by atoms with Crippen molar-refractivity contribution in [2.45, 2.75) is 0 Å². The largest absolute Gasteiger partial charge is 0.322 e. The second kappa shape index (κ2) is 5.62. The second-order valence-corrected chi connectivity index (χ2v) is 4.99. The lowest BCUT2D eigenvalue weighted by Crippen LogP contribution is -2.13. The molecule has 0 fully saturated rings. The number of rotatable bonds is 2. The molecule has 0 radical (unpaired) electrons. The molecule has 2 rings (SSSR count). The lowest BCUT2D eigenvalue weighted by Gasteiger charge is -2.07. The van der Waals surface area contributed by atoms with Crippen LogP contribution >= 0.6 is 34.2 Å². The van der Waals surface area contributed by atoms with Crippen molar-refractivity contribution in [2.75, 3.05) is 5.32 Å². The Balaban J connectivity index is 2.22. The highest BCUT2D eigenvalue weighted by Gasteiger charge is 2.11. The molecule has 3 nitrogen and oxygen atoms in total. The van der Waals surface area contributed by atoms with Gasteiger partial charge in [0.2, 0.25) is 0 Å². The summed E-state index contributed by atoms with van der Waals surface area (Å²) in [6.45, 7) is 0. The molecule has 0 aliphatic heterocycles. The van der Waals surface area contributed by atoms with Gasteiger partial charge in [0.15, 0.2) is 0 Å². The second-order valence-electron chi connectivity index (χ2n) is 3.45. The van der Waals surface area contributed by atoms with Gasteiger partial charge in [-0.2, -0.15) is 0 Å². The Morgan fingerprint density at radius 2 is 2.11 bits per heavy atom. The third-order valence-corrected chi connectivity index (χ3v) is 3.26. The molecule has 1 amide bonds. The monoisotopic (exact) mass is 376 g/mol. The van der Waals surface area contributed by atoms with E-state index in [0.29, 0.717) is 20.0 Å². The molecule has 0 saturated carbocycles. The molecular formula is C12H7ClFIN2O. The number of benzene rings is 1. The number of hydrogen-bond donors (Lipinski definition) is 1. The zero-order valence-electron chi connectivity index (χ0n) is 8.95. The van der Waals surface area contributed by atoms with Crippen molar-refractivity contribution in [1.29, 1.82) is 0 Å². The summed E-state index contributed by atoms with van der Waals surface area (Å²) in [5, 5.41) is 2.96. The van der Waals surface area contributed by atoms with Crippen LogP contribution in [0, 0.1) is 9.39 Å². The molecule has 2 aromatic rings. The van der Waals surface area contributed by atoms with Crippen LogP contribution in [0.5, 0.6) is 0 Å². The van der Waals surface area contributed by atoms with Crippen LogP contribution in [0.4, 0.5) is 10.1 Å². The van der Waals surface area contributed by atoms with E-state index in [1.165, 1.54) is 30.5 Å². The topological polar surface area (TPSA) is 42.0 Å². The highest BCUT2D eigenvalue weighted by molar-refractivity contribution is 14.1. The summed E-state index contributed by atoms with van der Waals surface area (Å²) in [6.07, 6.45) is 1.49. The highest BCUT2D eigenvalue weighted by Crippen LogP contribution is 2.17. The maximum absolute atomic E-state index is 12.9. The summed E-state index contributed by atoms with van der Waals surface area (Å²) >= 11 is 7.62. The summed E-state index contributed by atoms with van der Waals surface area (Å²) < 4.78 is 13.5. The number of carbonyl (C=O) groups is 1. The standard InChI is InChI=1S/C12H7ClFIN2O/c13-11-6-8(3-4-16-11)17-12(18)9-2-1-7(14)5-10(9)15/h1-6H,(H,16,17,18). The van der Waals surface area contributed by atoms with E-state index >= 15 is 0 Å². The van der Waals surface area contributed by atoms with E-state index in [9.17, 15) is 9.18 Å². The van der Waals surface area contributed by atoms with Crippen LogP contribution in [0.25, 0.3) is 0 Å². The van der Waals surface area contributed by atoms with E-state index in [0.717, 1.165) is 0 Å². The fourth-order valence-corrected chi connectivity index (χ4v) is 2.25. The molecule has 6 heteroatoms. The van der Waals surface area contributed by atoms with Gasteiger partial charge in [0.1, 0.15) is 11.0 Å². The van der Waals surface area contributed by atoms with Crippen molar-refractivity contribution in [3.8, 4) is 0 Å². The summed E-state index contributed by atoms with van der Waals surface area (Å²) in [7, 11) is 0. The Hall–Kier alpha value is -1.21. The van der Waals surface area contributed by atoms with Crippen molar-refractivity contribution < 1.29 is 9.18 Å². The molecule has 18 heavy (non-hydrogen) atoms. The van der Waals surface area contributed by atoms with Gasteiger partial charge in [-0.3, -0.25) is 4.79 Å². The van der Waals surface area contributed by atoms with E-state index in [1.807, 2.05) is 22.6 Å². The van der Waals surface area contributed by atoms with E-state index in [-0.39, 0.29) is 11.7 Å². The Morgan fingerprint density at radius 3 is 2.78 bits per heavy atom. The van der Waals surface area contributed by atoms with Crippen LogP contribution in [0.3, 0.4) is 0 Å².